The van der Waals surface area contributed by atoms with Crippen LogP contribution in [0.25, 0.3) is 0 Å². The summed E-state index contributed by atoms with van der Waals surface area (Å²) in [7, 11) is 0. The van der Waals surface area contributed by atoms with Crippen LogP contribution >= 0.6 is 0 Å². The van der Waals surface area contributed by atoms with Crippen molar-refractivity contribution < 1.29 is 8.78 Å². The number of rotatable bonds is 3. The highest BCUT2D eigenvalue weighted by Gasteiger charge is 2.59. The van der Waals surface area contributed by atoms with E-state index in [4.69, 9.17) is 0 Å². The highest BCUT2D eigenvalue weighted by atomic mass is 19.3. The maximum absolute atomic E-state index is 14.7. The fourth-order valence-electron chi connectivity index (χ4n) is 4.04. The number of hydrogen-bond acceptors (Lipinski definition) is 3. The van der Waals surface area contributed by atoms with E-state index < -0.39 is 11.3 Å². The lowest BCUT2D eigenvalue weighted by atomic mass is 9.75. The van der Waals surface area contributed by atoms with E-state index in [1.54, 1.807) is 6.20 Å². The van der Waals surface area contributed by atoms with Gasteiger partial charge in [-0.25, -0.2) is 13.8 Å². The number of nitrogens with zero attached hydrogens (tertiary/aromatic N) is 3. The molecule has 5 heteroatoms. The largest absolute Gasteiger partial charge is 0.356 e. The Bertz CT molecular complexity index is 532. The Balaban J connectivity index is 1.52. The van der Waals surface area contributed by atoms with Crippen molar-refractivity contribution in [3.8, 4) is 0 Å². The average Bonchev–Trinajstić information content (AvgIpc) is 3.22. The Morgan fingerprint density at radius 3 is 2.73 bits per heavy atom. The van der Waals surface area contributed by atoms with E-state index in [0.717, 1.165) is 18.3 Å². The van der Waals surface area contributed by atoms with E-state index in [1.807, 2.05) is 23.1 Å². The zero-order chi connectivity index (χ0) is 15.2. The maximum atomic E-state index is 14.7. The zero-order valence-corrected chi connectivity index (χ0v) is 12.8. The molecule has 0 radical (unpaired) electrons. The number of piperidine rings is 1. The summed E-state index contributed by atoms with van der Waals surface area (Å²) in [6.07, 6.45) is 4.87. The first kappa shape index (κ1) is 14.4. The Hall–Kier alpha value is -1.23. The van der Waals surface area contributed by atoms with Crippen LogP contribution in [0.5, 0.6) is 0 Å². The fraction of sp³-hybridized carbons (Fsp3) is 0.706. The van der Waals surface area contributed by atoms with Gasteiger partial charge in [-0.15, -0.1) is 0 Å². The van der Waals surface area contributed by atoms with Crippen LogP contribution in [0.2, 0.25) is 0 Å². The SMILES string of the molecule is FC1(F)CCN(CC2CC2)CC12CCN(c1ccccn1)C2. The third-order valence-electron chi connectivity index (χ3n) is 5.58. The summed E-state index contributed by atoms with van der Waals surface area (Å²) < 4.78 is 29.4. The van der Waals surface area contributed by atoms with Gasteiger partial charge >= 0.3 is 0 Å². The lowest BCUT2D eigenvalue weighted by molar-refractivity contribution is -0.157. The van der Waals surface area contributed by atoms with Gasteiger partial charge in [0.05, 0.1) is 5.41 Å². The molecule has 1 unspecified atom stereocenters. The van der Waals surface area contributed by atoms with Gasteiger partial charge in [-0.3, -0.25) is 0 Å². The van der Waals surface area contributed by atoms with E-state index in [9.17, 15) is 8.78 Å². The van der Waals surface area contributed by atoms with E-state index in [-0.39, 0.29) is 6.42 Å². The lowest BCUT2D eigenvalue weighted by Crippen LogP contribution is -2.57. The molecular formula is C17H23F2N3. The van der Waals surface area contributed by atoms with Gasteiger partial charge < -0.3 is 9.80 Å². The van der Waals surface area contributed by atoms with Gasteiger partial charge in [-0.2, -0.15) is 0 Å². The molecule has 120 valence electrons. The van der Waals surface area contributed by atoms with Gasteiger partial charge in [-0.05, 0) is 37.3 Å². The van der Waals surface area contributed by atoms with Crippen molar-refractivity contribution in [3.63, 3.8) is 0 Å². The Kier molecular flexibility index (Phi) is 3.36. The molecule has 2 aliphatic heterocycles. The average molecular weight is 307 g/mol. The van der Waals surface area contributed by atoms with E-state index in [2.05, 4.69) is 9.88 Å². The second-order valence-corrected chi connectivity index (χ2v) is 7.27. The molecule has 0 amide bonds. The van der Waals surface area contributed by atoms with Crippen LogP contribution in [0.4, 0.5) is 14.6 Å². The third-order valence-corrected chi connectivity index (χ3v) is 5.58. The van der Waals surface area contributed by atoms with Gasteiger partial charge in [0.25, 0.3) is 5.92 Å². The van der Waals surface area contributed by atoms with Crippen molar-refractivity contribution in [2.45, 2.75) is 31.6 Å². The summed E-state index contributed by atoms with van der Waals surface area (Å²) in [4.78, 5) is 8.66. The predicted molar refractivity (Wildman–Crippen MR) is 82.2 cm³/mol. The normalized spacial score (nSPS) is 31.8. The molecule has 1 spiro atoms. The molecule has 1 saturated carbocycles. The number of hydrogen-bond donors (Lipinski definition) is 0. The maximum Gasteiger partial charge on any atom is 0.257 e. The Morgan fingerprint density at radius 2 is 2.00 bits per heavy atom. The summed E-state index contributed by atoms with van der Waals surface area (Å²) in [5.74, 6) is -0.970. The Labute approximate surface area is 130 Å². The van der Waals surface area contributed by atoms with E-state index >= 15 is 0 Å². The lowest BCUT2D eigenvalue weighted by Gasteiger charge is -2.46. The number of pyridine rings is 1. The minimum atomic E-state index is -2.56. The molecule has 1 aliphatic carbocycles. The van der Waals surface area contributed by atoms with Crippen molar-refractivity contribution in [1.29, 1.82) is 0 Å². The van der Waals surface area contributed by atoms with Crippen molar-refractivity contribution in [2.75, 3.05) is 37.6 Å². The second-order valence-electron chi connectivity index (χ2n) is 7.27. The molecule has 1 aromatic heterocycles. The Morgan fingerprint density at radius 1 is 1.14 bits per heavy atom. The number of aromatic nitrogens is 1. The van der Waals surface area contributed by atoms with Crippen molar-refractivity contribution >= 4 is 5.82 Å². The van der Waals surface area contributed by atoms with Crippen molar-refractivity contribution in [1.82, 2.24) is 9.88 Å². The topological polar surface area (TPSA) is 19.4 Å². The molecule has 3 fully saturated rings. The van der Waals surface area contributed by atoms with Crippen molar-refractivity contribution in [3.05, 3.63) is 24.4 Å². The van der Waals surface area contributed by atoms with Gasteiger partial charge in [0, 0.05) is 45.3 Å². The van der Waals surface area contributed by atoms with Crippen LogP contribution in [0, 0.1) is 11.3 Å². The summed E-state index contributed by atoms with van der Waals surface area (Å²) in [6, 6.07) is 5.70. The minimum Gasteiger partial charge on any atom is -0.356 e. The van der Waals surface area contributed by atoms with Gasteiger partial charge in [0.1, 0.15) is 5.82 Å². The van der Waals surface area contributed by atoms with Gasteiger partial charge in [0.15, 0.2) is 0 Å². The number of likely N-dealkylation sites (tertiary alicyclic amines) is 1. The van der Waals surface area contributed by atoms with Crippen LogP contribution in [-0.2, 0) is 0 Å². The van der Waals surface area contributed by atoms with Crippen LogP contribution < -0.4 is 4.90 Å². The van der Waals surface area contributed by atoms with Gasteiger partial charge in [0.2, 0.25) is 0 Å². The van der Waals surface area contributed by atoms with Crippen LogP contribution in [0.1, 0.15) is 25.7 Å². The summed E-state index contributed by atoms with van der Waals surface area (Å²) in [5, 5.41) is 0. The van der Waals surface area contributed by atoms with Crippen LogP contribution in [0.3, 0.4) is 0 Å². The first-order valence-electron chi connectivity index (χ1n) is 8.34. The summed E-state index contributed by atoms with van der Waals surface area (Å²) >= 11 is 0. The first-order valence-corrected chi connectivity index (χ1v) is 8.34. The number of anilines is 1. The monoisotopic (exact) mass is 307 g/mol. The molecular weight excluding hydrogens is 284 g/mol. The van der Waals surface area contributed by atoms with E-state index in [1.165, 1.54) is 12.8 Å². The highest BCUT2D eigenvalue weighted by molar-refractivity contribution is 5.40. The van der Waals surface area contributed by atoms with Crippen LogP contribution in [0.15, 0.2) is 24.4 Å². The third kappa shape index (κ3) is 2.49. The van der Waals surface area contributed by atoms with Crippen molar-refractivity contribution in [2.24, 2.45) is 11.3 Å². The molecule has 0 aromatic carbocycles. The molecule has 4 rings (SSSR count). The minimum absolute atomic E-state index is 0.00970. The summed E-state index contributed by atoms with van der Waals surface area (Å²) in [6.45, 7) is 3.22. The molecule has 0 N–H and O–H groups in total. The molecule has 22 heavy (non-hydrogen) atoms. The molecule has 3 nitrogen and oxygen atoms in total. The molecule has 3 aliphatic rings. The first-order chi connectivity index (χ1) is 10.6. The molecule has 0 bridgehead atoms. The molecule has 3 heterocycles. The smallest absolute Gasteiger partial charge is 0.257 e. The summed E-state index contributed by atoms with van der Waals surface area (Å²) in [5.41, 5.74) is -0.891. The van der Waals surface area contributed by atoms with E-state index in [0.29, 0.717) is 32.6 Å². The second kappa shape index (κ2) is 5.15. The van der Waals surface area contributed by atoms with Gasteiger partial charge in [-0.1, -0.05) is 6.07 Å². The highest BCUT2D eigenvalue weighted by Crippen LogP contribution is 2.50. The molecule has 1 atom stereocenters. The zero-order valence-electron chi connectivity index (χ0n) is 12.8. The molecule has 1 aromatic rings. The quantitative estimate of drug-likeness (QED) is 0.855. The predicted octanol–water partition coefficient (Wildman–Crippen LogP) is 3.03. The van der Waals surface area contributed by atoms with Crippen LogP contribution in [-0.4, -0.2) is 48.5 Å². The molecule has 2 saturated heterocycles. The standard InChI is InChI=1S/C17H23F2N3/c18-17(19)7-9-21(11-14-4-5-14)12-16(17)6-10-22(13-16)15-3-1-2-8-20-15/h1-3,8,14H,4-7,9-13H2. The fourth-order valence-corrected chi connectivity index (χ4v) is 4.04. The number of alkyl halides is 2. The number of halogens is 2.